The van der Waals surface area contributed by atoms with Crippen molar-refractivity contribution in [1.29, 1.82) is 0 Å². The third-order valence-electron chi connectivity index (χ3n) is 11.7. The monoisotopic (exact) mass is 862 g/mol. The summed E-state index contributed by atoms with van der Waals surface area (Å²) < 4.78 is 8.02. The highest BCUT2D eigenvalue weighted by molar-refractivity contribution is 6.60. The van der Waals surface area contributed by atoms with E-state index in [2.05, 4.69) is 27.6 Å². The van der Waals surface area contributed by atoms with Crippen LogP contribution in [-0.2, 0) is 16.1 Å². The molecule has 0 radical (unpaired) electrons. The number of aryl methyl sites for hydroxylation is 1. The van der Waals surface area contributed by atoms with Gasteiger partial charge in [0.15, 0.2) is 12.4 Å². The maximum atomic E-state index is 13.6. The van der Waals surface area contributed by atoms with Crippen molar-refractivity contribution in [1.82, 2.24) is 25.0 Å². The number of likely N-dealkylation sites (tertiary alicyclic amines) is 1. The molecule has 2 aliphatic rings. The standard InChI is InChI=1S/C49H48BClN6O6/c1-3-8-39(58)27-44-48-55-54-31(2)57(48)45-20-19-40(28-42(45)47(53-44)34-15-17-38(51)18-16-34)63-30-46(59)52-29-32-9-6-10-35(25-32)33-21-23-56(24-22-33)49(60)37-12-7-11-36(26-37)41-13-4-5-14-43(41)50(61)62/h4-7,9-20,25-26,28,33,44,61-62H,3,8,21-24,27,29-30H2,1-2H3,(H,52,59)/t44-/m0/s1. The van der Waals surface area contributed by atoms with Crippen molar-refractivity contribution in [3.8, 4) is 22.6 Å². The van der Waals surface area contributed by atoms with E-state index in [-0.39, 0.29) is 36.5 Å². The summed E-state index contributed by atoms with van der Waals surface area (Å²) in [5, 5.41) is 32.2. The molecule has 63 heavy (non-hydrogen) atoms. The number of carbonyl (C=O) groups is 3. The lowest BCUT2D eigenvalue weighted by molar-refractivity contribution is -0.123. The first-order valence-corrected chi connectivity index (χ1v) is 21.7. The summed E-state index contributed by atoms with van der Waals surface area (Å²) >= 11 is 6.27. The van der Waals surface area contributed by atoms with Crippen LogP contribution in [0.15, 0.2) is 120 Å². The zero-order chi connectivity index (χ0) is 44.0. The number of fused-ring (bicyclic) bond motifs is 3. The van der Waals surface area contributed by atoms with E-state index in [1.54, 1.807) is 36.4 Å². The van der Waals surface area contributed by atoms with E-state index >= 15 is 0 Å². The molecule has 0 bridgehead atoms. The second-order valence-corrected chi connectivity index (χ2v) is 16.5. The lowest BCUT2D eigenvalue weighted by Crippen LogP contribution is -2.38. The molecule has 2 amide bonds. The van der Waals surface area contributed by atoms with Crippen LogP contribution < -0.4 is 15.5 Å². The fourth-order valence-electron chi connectivity index (χ4n) is 8.50. The van der Waals surface area contributed by atoms with Gasteiger partial charge in [0.1, 0.15) is 23.4 Å². The normalized spacial score (nSPS) is 14.8. The Morgan fingerprint density at radius 2 is 1.63 bits per heavy atom. The maximum Gasteiger partial charge on any atom is 0.489 e. The zero-order valence-electron chi connectivity index (χ0n) is 35.2. The molecule has 320 valence electrons. The average molecular weight is 863 g/mol. The fraction of sp³-hybridized carbons (Fsp3) is 0.265. The molecule has 3 N–H and O–H groups in total. The number of benzene rings is 5. The summed E-state index contributed by atoms with van der Waals surface area (Å²) in [6, 6.07) is 35.0. The van der Waals surface area contributed by atoms with E-state index in [0.29, 0.717) is 70.8 Å². The Labute approximate surface area is 371 Å². The number of Topliss-reactive ketones (excluding diaryl/α,β-unsaturated/α-hetero) is 1. The molecular formula is C49H48BClN6O6. The van der Waals surface area contributed by atoms with Crippen LogP contribution in [0.3, 0.4) is 0 Å². The van der Waals surface area contributed by atoms with Crippen molar-refractivity contribution in [2.75, 3.05) is 19.7 Å². The number of rotatable bonds is 14. The predicted octanol–water partition coefficient (Wildman–Crippen LogP) is 6.94. The number of nitrogens with one attached hydrogen (secondary N) is 1. The van der Waals surface area contributed by atoms with Gasteiger partial charge in [0.25, 0.3) is 11.8 Å². The highest BCUT2D eigenvalue weighted by Crippen LogP contribution is 2.35. The largest absolute Gasteiger partial charge is 0.489 e. The molecule has 14 heteroatoms. The molecule has 6 aromatic rings. The Kier molecular flexibility index (Phi) is 13.3. The predicted molar refractivity (Wildman–Crippen MR) is 244 cm³/mol. The number of aliphatic imine (C=N–C) groups is 1. The van der Waals surface area contributed by atoms with Gasteiger partial charge in [-0.2, -0.15) is 0 Å². The summed E-state index contributed by atoms with van der Waals surface area (Å²) in [7, 11) is -1.62. The number of halogens is 1. The summed E-state index contributed by atoms with van der Waals surface area (Å²) in [5.74, 6) is 1.75. The van der Waals surface area contributed by atoms with Crippen molar-refractivity contribution < 1.29 is 29.2 Å². The Bertz CT molecular complexity index is 2680. The van der Waals surface area contributed by atoms with Crippen molar-refractivity contribution in [3.05, 3.63) is 160 Å². The van der Waals surface area contributed by atoms with Crippen LogP contribution in [0.25, 0.3) is 16.8 Å². The number of carbonyl (C=O) groups excluding carboxylic acids is 3. The number of aromatic nitrogens is 3. The Hall–Kier alpha value is -6.41. The topological polar surface area (TPSA) is 159 Å². The van der Waals surface area contributed by atoms with Crippen LogP contribution in [0.4, 0.5) is 0 Å². The average Bonchev–Trinajstić information content (AvgIpc) is 3.63. The van der Waals surface area contributed by atoms with E-state index in [1.807, 2.05) is 90.0 Å². The molecule has 0 aliphatic carbocycles. The van der Waals surface area contributed by atoms with Gasteiger partial charge in [-0.1, -0.05) is 91.3 Å². The van der Waals surface area contributed by atoms with E-state index in [0.717, 1.165) is 52.8 Å². The molecule has 0 unspecified atom stereocenters. The fourth-order valence-corrected chi connectivity index (χ4v) is 8.62. The van der Waals surface area contributed by atoms with E-state index in [1.165, 1.54) is 0 Å². The third-order valence-corrected chi connectivity index (χ3v) is 11.9. The van der Waals surface area contributed by atoms with Crippen molar-refractivity contribution in [2.24, 2.45) is 4.99 Å². The lowest BCUT2D eigenvalue weighted by atomic mass is 9.75. The van der Waals surface area contributed by atoms with Gasteiger partial charge in [0.2, 0.25) is 0 Å². The number of ether oxygens (including phenoxy) is 1. The van der Waals surface area contributed by atoms with E-state index in [9.17, 15) is 24.4 Å². The number of hydrogen-bond donors (Lipinski definition) is 3. The molecule has 8 rings (SSSR count). The second-order valence-electron chi connectivity index (χ2n) is 16.0. The van der Waals surface area contributed by atoms with Crippen LogP contribution in [0.1, 0.15) is 95.2 Å². The van der Waals surface area contributed by atoms with Crippen LogP contribution in [0.5, 0.6) is 5.75 Å². The summed E-state index contributed by atoms with van der Waals surface area (Å²) in [4.78, 5) is 46.8. The van der Waals surface area contributed by atoms with Gasteiger partial charge in [0.05, 0.1) is 11.4 Å². The minimum Gasteiger partial charge on any atom is -0.484 e. The highest BCUT2D eigenvalue weighted by Gasteiger charge is 2.30. The van der Waals surface area contributed by atoms with Crippen molar-refractivity contribution >= 4 is 47.5 Å². The Morgan fingerprint density at radius 1 is 0.857 bits per heavy atom. The van der Waals surface area contributed by atoms with Gasteiger partial charge in [-0.05, 0) is 102 Å². The number of nitrogens with zero attached hydrogens (tertiary/aromatic N) is 5. The van der Waals surface area contributed by atoms with Crippen molar-refractivity contribution in [2.45, 2.75) is 64.5 Å². The van der Waals surface area contributed by atoms with Crippen LogP contribution >= 0.6 is 11.6 Å². The van der Waals surface area contributed by atoms with Crippen LogP contribution in [0.2, 0.25) is 5.02 Å². The number of amides is 2. The summed E-state index contributed by atoms with van der Waals surface area (Å²) in [6.45, 7) is 5.17. The van der Waals surface area contributed by atoms with Gasteiger partial charge in [-0.3, -0.25) is 23.9 Å². The van der Waals surface area contributed by atoms with E-state index < -0.39 is 13.2 Å². The molecule has 0 saturated carbocycles. The number of hydrogen-bond acceptors (Lipinski definition) is 9. The quantitative estimate of drug-likeness (QED) is 0.0994. The molecule has 1 saturated heterocycles. The number of piperidine rings is 1. The van der Waals surface area contributed by atoms with Crippen molar-refractivity contribution in [3.63, 3.8) is 0 Å². The van der Waals surface area contributed by atoms with E-state index in [4.69, 9.17) is 21.3 Å². The molecule has 1 fully saturated rings. The summed E-state index contributed by atoms with van der Waals surface area (Å²) in [6.07, 6.45) is 2.99. The summed E-state index contributed by atoms with van der Waals surface area (Å²) in [5.41, 5.74) is 7.48. The first-order valence-electron chi connectivity index (χ1n) is 21.3. The van der Waals surface area contributed by atoms with Crippen LogP contribution in [0, 0.1) is 6.92 Å². The SMILES string of the molecule is CCCC(=O)C[C@@H]1N=C(c2ccc(Cl)cc2)c2cc(OCC(=O)NCc3cccc(C4CCN(C(=O)c5cccc(-c6ccccc6B(O)O)c5)CC4)c3)ccc2-n2c(C)nnc21. The minimum atomic E-state index is -1.62. The molecule has 1 aromatic heterocycles. The minimum absolute atomic E-state index is 0.0547. The molecule has 5 aromatic carbocycles. The maximum absolute atomic E-state index is 13.6. The molecule has 0 spiro atoms. The molecule has 3 heterocycles. The molecule has 1 atom stereocenters. The highest BCUT2D eigenvalue weighted by atomic mass is 35.5. The number of ketones is 1. The first-order chi connectivity index (χ1) is 30.6. The Morgan fingerprint density at radius 3 is 2.41 bits per heavy atom. The van der Waals surface area contributed by atoms with Gasteiger partial charge in [-0.15, -0.1) is 10.2 Å². The van der Waals surface area contributed by atoms with Gasteiger partial charge in [0, 0.05) is 54.2 Å². The zero-order valence-corrected chi connectivity index (χ0v) is 36.0. The van der Waals surface area contributed by atoms with Gasteiger partial charge >= 0.3 is 7.12 Å². The molecule has 2 aliphatic heterocycles. The molecule has 12 nitrogen and oxygen atoms in total. The third kappa shape index (κ3) is 9.81. The molecular weight excluding hydrogens is 815 g/mol. The second kappa shape index (κ2) is 19.3. The smallest absolute Gasteiger partial charge is 0.484 e. The Balaban J connectivity index is 0.898. The van der Waals surface area contributed by atoms with Gasteiger partial charge < -0.3 is 25.0 Å². The first kappa shape index (κ1) is 43.3. The van der Waals surface area contributed by atoms with Crippen LogP contribution in [-0.4, -0.2) is 79.8 Å². The lowest BCUT2D eigenvalue weighted by Gasteiger charge is -2.32. The van der Waals surface area contributed by atoms with Gasteiger partial charge in [-0.25, -0.2) is 0 Å².